The van der Waals surface area contributed by atoms with Crippen LogP contribution in [0, 0.1) is 0 Å². The fraction of sp³-hybridized carbons (Fsp3) is 0.273. The Labute approximate surface area is 92.2 Å². The van der Waals surface area contributed by atoms with Crippen LogP contribution in [0.25, 0.3) is 0 Å². The Morgan fingerprint density at radius 3 is 2.94 bits per heavy atom. The van der Waals surface area contributed by atoms with Gasteiger partial charge in [0.2, 0.25) is 0 Å². The van der Waals surface area contributed by atoms with Crippen molar-refractivity contribution in [3.8, 4) is 5.75 Å². The summed E-state index contributed by atoms with van der Waals surface area (Å²) in [5.41, 5.74) is 0.675. The van der Waals surface area contributed by atoms with Gasteiger partial charge in [0.15, 0.2) is 6.61 Å². The van der Waals surface area contributed by atoms with Crippen molar-refractivity contribution in [2.45, 2.75) is 6.92 Å². The van der Waals surface area contributed by atoms with Gasteiger partial charge in [-0.15, -0.1) is 0 Å². The molecular weight excluding hydrogens is 210 g/mol. The van der Waals surface area contributed by atoms with Crippen molar-refractivity contribution in [2.75, 3.05) is 18.1 Å². The maximum absolute atomic E-state index is 11.5. The van der Waals surface area contributed by atoms with E-state index in [9.17, 15) is 9.59 Å². The molecular formula is C11H11NO4. The number of hydrogen-bond acceptors (Lipinski definition) is 3. The summed E-state index contributed by atoms with van der Waals surface area (Å²) in [5.74, 6) is -0.624. The Morgan fingerprint density at radius 2 is 2.31 bits per heavy atom. The number of carbonyl (C=O) groups excluding carboxylic acids is 1. The number of carboxylic acids is 1. The van der Waals surface area contributed by atoms with Crippen molar-refractivity contribution in [1.29, 1.82) is 0 Å². The lowest BCUT2D eigenvalue weighted by molar-refractivity contribution is -0.121. The molecule has 0 spiro atoms. The summed E-state index contributed by atoms with van der Waals surface area (Å²) in [7, 11) is 0. The molecule has 1 aromatic carbocycles. The van der Waals surface area contributed by atoms with Gasteiger partial charge < -0.3 is 14.7 Å². The topological polar surface area (TPSA) is 66.8 Å². The highest BCUT2D eigenvalue weighted by Gasteiger charge is 2.24. The first-order valence-corrected chi connectivity index (χ1v) is 4.94. The number of aromatic carboxylic acids is 1. The molecule has 5 nitrogen and oxygen atoms in total. The average molecular weight is 221 g/mol. The zero-order valence-electron chi connectivity index (χ0n) is 8.77. The molecule has 1 aliphatic rings. The van der Waals surface area contributed by atoms with Crippen LogP contribution in [0.3, 0.4) is 0 Å². The molecule has 84 valence electrons. The van der Waals surface area contributed by atoms with Crippen molar-refractivity contribution < 1.29 is 19.4 Å². The second-order valence-corrected chi connectivity index (χ2v) is 3.41. The lowest BCUT2D eigenvalue weighted by atomic mass is 10.1. The molecule has 0 aromatic heterocycles. The Kier molecular flexibility index (Phi) is 2.52. The first kappa shape index (κ1) is 10.5. The largest absolute Gasteiger partial charge is 0.482 e. The predicted molar refractivity (Wildman–Crippen MR) is 56.9 cm³/mol. The van der Waals surface area contributed by atoms with Gasteiger partial charge in [-0.1, -0.05) is 0 Å². The summed E-state index contributed by atoms with van der Waals surface area (Å²) in [6.07, 6.45) is 0. The minimum absolute atomic E-state index is 0.00720. The normalized spacial score (nSPS) is 14.3. The second-order valence-electron chi connectivity index (χ2n) is 3.41. The first-order valence-electron chi connectivity index (χ1n) is 4.94. The Hall–Kier alpha value is -2.04. The van der Waals surface area contributed by atoms with Crippen LogP contribution in [0.5, 0.6) is 5.75 Å². The molecule has 2 rings (SSSR count). The van der Waals surface area contributed by atoms with Crippen molar-refractivity contribution in [1.82, 2.24) is 0 Å². The van der Waals surface area contributed by atoms with Crippen LogP contribution in [0.4, 0.5) is 5.69 Å². The van der Waals surface area contributed by atoms with Crippen LogP contribution in [0.15, 0.2) is 18.2 Å². The number of rotatable bonds is 2. The van der Waals surface area contributed by atoms with Crippen LogP contribution in [-0.2, 0) is 4.79 Å². The summed E-state index contributed by atoms with van der Waals surface area (Å²) < 4.78 is 5.22. The maximum atomic E-state index is 11.5. The van der Waals surface area contributed by atoms with E-state index in [4.69, 9.17) is 9.84 Å². The minimum atomic E-state index is -1.02. The molecule has 1 amide bonds. The Bertz CT molecular complexity index is 455. The monoisotopic (exact) mass is 221 g/mol. The van der Waals surface area contributed by atoms with E-state index >= 15 is 0 Å². The van der Waals surface area contributed by atoms with Gasteiger partial charge in [0.05, 0.1) is 11.3 Å². The zero-order chi connectivity index (χ0) is 11.7. The highest BCUT2D eigenvalue weighted by molar-refractivity contribution is 5.99. The molecule has 0 aliphatic carbocycles. The highest BCUT2D eigenvalue weighted by Crippen LogP contribution is 2.32. The van der Waals surface area contributed by atoms with Crippen LogP contribution in [0.2, 0.25) is 0 Å². The molecule has 0 fully saturated rings. The van der Waals surface area contributed by atoms with Gasteiger partial charge in [0.25, 0.3) is 5.91 Å². The summed E-state index contributed by atoms with van der Waals surface area (Å²) >= 11 is 0. The molecule has 5 heteroatoms. The van der Waals surface area contributed by atoms with E-state index in [1.807, 2.05) is 6.92 Å². The molecule has 1 aliphatic heterocycles. The van der Waals surface area contributed by atoms with Crippen molar-refractivity contribution in [3.05, 3.63) is 23.8 Å². The fourth-order valence-electron chi connectivity index (χ4n) is 1.68. The number of carbonyl (C=O) groups is 2. The quantitative estimate of drug-likeness (QED) is 0.812. The summed E-state index contributed by atoms with van der Waals surface area (Å²) in [5, 5.41) is 8.87. The van der Waals surface area contributed by atoms with Crippen LogP contribution >= 0.6 is 0 Å². The third-order valence-electron chi connectivity index (χ3n) is 2.47. The van der Waals surface area contributed by atoms with Crippen molar-refractivity contribution in [3.63, 3.8) is 0 Å². The Morgan fingerprint density at radius 1 is 1.56 bits per heavy atom. The lowest BCUT2D eigenvalue weighted by Gasteiger charge is -2.28. The number of fused-ring (bicyclic) bond motifs is 1. The molecule has 0 saturated heterocycles. The molecule has 16 heavy (non-hydrogen) atoms. The molecule has 0 bridgehead atoms. The van der Waals surface area contributed by atoms with Crippen LogP contribution in [0.1, 0.15) is 17.3 Å². The third-order valence-corrected chi connectivity index (χ3v) is 2.47. The molecule has 1 aromatic rings. The summed E-state index contributed by atoms with van der Waals surface area (Å²) in [4.78, 5) is 23.9. The van der Waals surface area contributed by atoms with Gasteiger partial charge in [0, 0.05) is 6.54 Å². The SMILES string of the molecule is CCN1C(=O)COc2ccc(C(=O)O)cc21. The number of ether oxygens (including phenoxy) is 1. The van der Waals surface area contributed by atoms with Crippen LogP contribution < -0.4 is 9.64 Å². The lowest BCUT2D eigenvalue weighted by Crippen LogP contribution is -2.38. The Balaban J connectivity index is 2.49. The fourth-order valence-corrected chi connectivity index (χ4v) is 1.68. The molecule has 0 radical (unpaired) electrons. The van der Waals surface area contributed by atoms with E-state index in [1.54, 1.807) is 6.07 Å². The van der Waals surface area contributed by atoms with Gasteiger partial charge in [-0.05, 0) is 25.1 Å². The van der Waals surface area contributed by atoms with E-state index in [2.05, 4.69) is 0 Å². The predicted octanol–water partition coefficient (Wildman–Crippen LogP) is 1.13. The van der Waals surface area contributed by atoms with Gasteiger partial charge in [-0.3, -0.25) is 4.79 Å². The molecule has 0 atom stereocenters. The number of hydrogen-bond donors (Lipinski definition) is 1. The van der Waals surface area contributed by atoms with Gasteiger partial charge in [-0.2, -0.15) is 0 Å². The molecule has 0 unspecified atom stereocenters. The smallest absolute Gasteiger partial charge is 0.335 e. The summed E-state index contributed by atoms with van der Waals surface area (Å²) in [6, 6.07) is 4.50. The maximum Gasteiger partial charge on any atom is 0.335 e. The number of carboxylic acid groups (broad SMARTS) is 1. The number of likely N-dealkylation sites (N-methyl/N-ethyl adjacent to an activating group) is 1. The van der Waals surface area contributed by atoms with Crippen LogP contribution in [-0.4, -0.2) is 30.1 Å². The molecule has 0 saturated carbocycles. The molecule has 1 N–H and O–H groups in total. The van der Waals surface area contributed by atoms with E-state index in [-0.39, 0.29) is 18.1 Å². The number of anilines is 1. The third kappa shape index (κ3) is 1.60. The van der Waals surface area contributed by atoms with Gasteiger partial charge in [-0.25, -0.2) is 4.79 Å². The standard InChI is InChI=1S/C11H11NO4/c1-2-12-8-5-7(11(14)15)3-4-9(8)16-6-10(12)13/h3-5H,2,6H2,1H3,(H,14,15). The first-order chi connectivity index (χ1) is 7.63. The number of nitrogens with zero attached hydrogens (tertiary/aromatic N) is 1. The molecule has 1 heterocycles. The van der Waals surface area contributed by atoms with E-state index in [0.717, 1.165) is 0 Å². The van der Waals surface area contributed by atoms with Gasteiger partial charge in [0.1, 0.15) is 5.75 Å². The zero-order valence-corrected chi connectivity index (χ0v) is 8.77. The minimum Gasteiger partial charge on any atom is -0.482 e. The average Bonchev–Trinajstić information content (AvgIpc) is 2.28. The van der Waals surface area contributed by atoms with Gasteiger partial charge >= 0.3 is 5.97 Å². The summed E-state index contributed by atoms with van der Waals surface area (Å²) in [6.45, 7) is 2.34. The number of amides is 1. The van der Waals surface area contributed by atoms with E-state index < -0.39 is 5.97 Å². The van der Waals surface area contributed by atoms with E-state index in [1.165, 1.54) is 17.0 Å². The highest BCUT2D eigenvalue weighted by atomic mass is 16.5. The number of benzene rings is 1. The van der Waals surface area contributed by atoms with Crippen molar-refractivity contribution in [2.24, 2.45) is 0 Å². The van der Waals surface area contributed by atoms with Crippen molar-refractivity contribution >= 4 is 17.6 Å². The second kappa shape index (κ2) is 3.84. The van der Waals surface area contributed by atoms with E-state index in [0.29, 0.717) is 18.0 Å².